The highest BCUT2D eigenvalue weighted by molar-refractivity contribution is 7.86. The zero-order valence-electron chi connectivity index (χ0n) is 8.66. The largest absolute Gasteiger partial charge is 0.496 e. The number of hydrogen-bond acceptors (Lipinski definition) is 3. The highest BCUT2D eigenvalue weighted by Crippen LogP contribution is 2.18. The topological polar surface area (TPSA) is 43.4 Å². The van der Waals surface area contributed by atoms with E-state index < -0.39 is 16.0 Å². The Morgan fingerprint density at radius 2 is 2.07 bits per heavy atom. The molecule has 5 heteroatoms. The summed E-state index contributed by atoms with van der Waals surface area (Å²) in [5, 5.41) is 0. The van der Waals surface area contributed by atoms with Crippen molar-refractivity contribution >= 4 is 10.2 Å². The fourth-order valence-corrected chi connectivity index (χ4v) is 1.82. The number of aryl methyl sites for hydroxylation is 2. The Balaban J connectivity index is 2.76. The molecule has 0 bridgehead atoms. The first-order valence-corrected chi connectivity index (χ1v) is 6.03. The summed E-state index contributed by atoms with van der Waals surface area (Å²) in [4.78, 5) is 0. The first-order valence-electron chi connectivity index (χ1n) is 4.48. The second-order valence-electron chi connectivity index (χ2n) is 3.30. The number of benzene rings is 1. The highest BCUT2D eigenvalue weighted by Gasteiger charge is 2.08. The van der Waals surface area contributed by atoms with Gasteiger partial charge < -0.3 is 4.74 Å². The van der Waals surface area contributed by atoms with Crippen LogP contribution in [0.5, 0.6) is 5.75 Å². The van der Waals surface area contributed by atoms with E-state index in [0.717, 1.165) is 16.9 Å². The van der Waals surface area contributed by atoms with Gasteiger partial charge in [0.05, 0.1) is 12.9 Å². The molecule has 0 amide bonds. The molecule has 15 heavy (non-hydrogen) atoms. The summed E-state index contributed by atoms with van der Waals surface area (Å²) in [7, 11) is -2.82. The smallest absolute Gasteiger partial charge is 0.302 e. The first-order chi connectivity index (χ1) is 6.92. The van der Waals surface area contributed by atoms with E-state index in [1.807, 2.05) is 6.92 Å². The van der Waals surface area contributed by atoms with Crippen molar-refractivity contribution in [3.63, 3.8) is 0 Å². The van der Waals surface area contributed by atoms with Crippen molar-refractivity contribution in [3.05, 3.63) is 29.3 Å². The molecule has 0 aliphatic carbocycles. The molecule has 0 radical (unpaired) electrons. The van der Waals surface area contributed by atoms with Crippen LogP contribution in [-0.4, -0.2) is 21.3 Å². The maximum Gasteiger partial charge on any atom is 0.302 e. The van der Waals surface area contributed by atoms with Crippen molar-refractivity contribution in [2.24, 2.45) is 0 Å². The Kier molecular flexibility index (Phi) is 3.68. The van der Waals surface area contributed by atoms with E-state index >= 15 is 0 Å². The fraction of sp³-hybridized carbons (Fsp3) is 0.400. The number of hydrogen-bond donors (Lipinski definition) is 0. The SMILES string of the molecule is COc1ccc(CCS(=O)(=O)F)cc1C. The van der Waals surface area contributed by atoms with Crippen LogP contribution in [0.2, 0.25) is 0 Å². The number of rotatable bonds is 4. The third-order valence-corrected chi connectivity index (χ3v) is 2.79. The van der Waals surface area contributed by atoms with Gasteiger partial charge in [-0.05, 0) is 30.5 Å². The zero-order valence-corrected chi connectivity index (χ0v) is 9.47. The van der Waals surface area contributed by atoms with Crippen LogP contribution in [0.15, 0.2) is 18.2 Å². The predicted octanol–water partition coefficient (Wildman–Crippen LogP) is 1.85. The van der Waals surface area contributed by atoms with Crippen LogP contribution < -0.4 is 4.74 Å². The van der Waals surface area contributed by atoms with Crippen LogP contribution in [0.1, 0.15) is 11.1 Å². The van der Waals surface area contributed by atoms with Crippen molar-refractivity contribution < 1.29 is 17.0 Å². The summed E-state index contributed by atoms with van der Waals surface area (Å²) in [5.74, 6) is 0.264. The lowest BCUT2D eigenvalue weighted by Gasteiger charge is -2.06. The molecule has 0 saturated carbocycles. The molecule has 0 unspecified atom stereocenters. The summed E-state index contributed by atoms with van der Waals surface area (Å²) in [5.41, 5.74) is 1.70. The third-order valence-electron chi connectivity index (χ3n) is 2.09. The summed E-state index contributed by atoms with van der Waals surface area (Å²) < 4.78 is 38.0. The molecule has 0 N–H and O–H groups in total. The van der Waals surface area contributed by atoms with Crippen molar-refractivity contribution in [1.29, 1.82) is 0 Å². The summed E-state index contributed by atoms with van der Waals surface area (Å²) in [6.45, 7) is 1.85. The van der Waals surface area contributed by atoms with E-state index in [2.05, 4.69) is 0 Å². The minimum atomic E-state index is -4.38. The Hall–Kier alpha value is -1.10. The van der Waals surface area contributed by atoms with Crippen LogP contribution in [0.4, 0.5) is 3.89 Å². The maximum atomic E-state index is 12.3. The van der Waals surface area contributed by atoms with Crippen molar-refractivity contribution in [2.45, 2.75) is 13.3 Å². The minimum Gasteiger partial charge on any atom is -0.496 e. The second kappa shape index (κ2) is 4.61. The van der Waals surface area contributed by atoms with E-state index in [0.29, 0.717) is 0 Å². The lowest BCUT2D eigenvalue weighted by atomic mass is 10.1. The average molecular weight is 232 g/mol. The van der Waals surface area contributed by atoms with Gasteiger partial charge in [-0.1, -0.05) is 12.1 Å². The first kappa shape index (κ1) is 12.0. The van der Waals surface area contributed by atoms with Crippen LogP contribution in [-0.2, 0) is 16.6 Å². The maximum absolute atomic E-state index is 12.3. The standard InChI is InChI=1S/C10H13FO3S/c1-8-7-9(3-4-10(8)14-2)5-6-15(11,12)13/h3-4,7H,5-6H2,1-2H3. The van der Waals surface area contributed by atoms with Gasteiger partial charge >= 0.3 is 10.2 Å². The van der Waals surface area contributed by atoms with E-state index in [1.165, 1.54) is 0 Å². The van der Waals surface area contributed by atoms with Gasteiger partial charge in [0, 0.05) is 0 Å². The average Bonchev–Trinajstić information content (AvgIpc) is 2.14. The summed E-state index contributed by atoms with van der Waals surface area (Å²) in [6.07, 6.45) is 0.184. The number of ether oxygens (including phenoxy) is 1. The van der Waals surface area contributed by atoms with Crippen LogP contribution in [0.3, 0.4) is 0 Å². The van der Waals surface area contributed by atoms with Crippen molar-refractivity contribution in [3.8, 4) is 5.75 Å². The molecule has 0 heterocycles. The van der Waals surface area contributed by atoms with Gasteiger partial charge in [0.25, 0.3) is 0 Å². The molecule has 84 valence electrons. The second-order valence-corrected chi connectivity index (χ2v) is 4.78. The molecule has 0 saturated heterocycles. The van der Waals surface area contributed by atoms with Gasteiger partial charge in [0.15, 0.2) is 0 Å². The Labute approximate surface area is 89.1 Å². The van der Waals surface area contributed by atoms with E-state index in [-0.39, 0.29) is 6.42 Å². The molecule has 0 aromatic heterocycles. The van der Waals surface area contributed by atoms with E-state index in [9.17, 15) is 12.3 Å². The van der Waals surface area contributed by atoms with Gasteiger partial charge in [-0.25, -0.2) is 0 Å². The molecule has 0 atom stereocenters. The molecule has 1 rings (SSSR count). The molecule has 1 aromatic carbocycles. The molecule has 3 nitrogen and oxygen atoms in total. The van der Waals surface area contributed by atoms with Crippen LogP contribution in [0, 0.1) is 6.92 Å². The Bertz CT molecular complexity index is 440. The molecule has 1 aromatic rings. The fourth-order valence-electron chi connectivity index (χ4n) is 1.34. The molecule has 0 fully saturated rings. The number of halogens is 1. The van der Waals surface area contributed by atoms with Crippen LogP contribution in [0.25, 0.3) is 0 Å². The van der Waals surface area contributed by atoms with E-state index in [1.54, 1.807) is 25.3 Å². The normalized spacial score (nSPS) is 11.4. The molecule has 0 spiro atoms. The summed E-state index contributed by atoms with van der Waals surface area (Å²) >= 11 is 0. The lowest BCUT2D eigenvalue weighted by molar-refractivity contribution is 0.411. The molecular weight excluding hydrogens is 219 g/mol. The van der Waals surface area contributed by atoms with E-state index in [4.69, 9.17) is 4.74 Å². The summed E-state index contributed by atoms with van der Waals surface area (Å²) in [6, 6.07) is 5.27. The van der Waals surface area contributed by atoms with Gasteiger partial charge in [-0.3, -0.25) is 0 Å². The Morgan fingerprint density at radius 1 is 1.40 bits per heavy atom. The number of methoxy groups -OCH3 is 1. The van der Waals surface area contributed by atoms with Crippen molar-refractivity contribution in [1.82, 2.24) is 0 Å². The third kappa shape index (κ3) is 3.87. The molecular formula is C10H13FO3S. The minimum absolute atomic E-state index is 0.184. The van der Waals surface area contributed by atoms with Crippen molar-refractivity contribution in [2.75, 3.05) is 12.9 Å². The molecule has 0 aliphatic rings. The highest BCUT2D eigenvalue weighted by atomic mass is 32.3. The van der Waals surface area contributed by atoms with Gasteiger partial charge in [0.1, 0.15) is 5.75 Å². The van der Waals surface area contributed by atoms with Gasteiger partial charge in [-0.2, -0.15) is 8.42 Å². The zero-order chi connectivity index (χ0) is 11.5. The predicted molar refractivity (Wildman–Crippen MR) is 56.3 cm³/mol. The lowest BCUT2D eigenvalue weighted by Crippen LogP contribution is -2.02. The van der Waals surface area contributed by atoms with Gasteiger partial charge in [-0.15, -0.1) is 3.89 Å². The monoisotopic (exact) mass is 232 g/mol. The molecule has 0 aliphatic heterocycles. The quantitative estimate of drug-likeness (QED) is 0.744. The Morgan fingerprint density at radius 3 is 2.53 bits per heavy atom. The van der Waals surface area contributed by atoms with Crippen LogP contribution >= 0.6 is 0 Å². The van der Waals surface area contributed by atoms with Gasteiger partial charge in [0.2, 0.25) is 0 Å².